The van der Waals surface area contributed by atoms with Gasteiger partial charge in [0.15, 0.2) is 0 Å². The average molecular weight is 612 g/mol. The normalized spacial score (nSPS) is 11.8. The Kier molecular flexibility index (Phi) is 5.91. The highest BCUT2D eigenvalue weighted by atomic mass is 16.3. The van der Waals surface area contributed by atoms with Crippen molar-refractivity contribution in [1.29, 1.82) is 0 Å². The molecule has 0 saturated heterocycles. The molecule has 0 atom stereocenters. The quantitative estimate of drug-likeness (QED) is 0.184. The zero-order chi connectivity index (χ0) is 31.6. The van der Waals surface area contributed by atoms with Gasteiger partial charge in [-0.3, -0.25) is 0 Å². The van der Waals surface area contributed by atoms with Crippen LogP contribution in [-0.2, 0) is 0 Å². The molecular weight excluding hydrogens is 583 g/mol. The molecule has 1 heterocycles. The summed E-state index contributed by atoms with van der Waals surface area (Å²) in [6.45, 7) is 0. The van der Waals surface area contributed by atoms with E-state index in [2.05, 4.69) is 175 Å². The lowest BCUT2D eigenvalue weighted by Gasteiger charge is -2.27. The fourth-order valence-electron chi connectivity index (χ4n) is 7.55. The number of benzene rings is 9. The molecule has 0 fully saturated rings. The van der Waals surface area contributed by atoms with Gasteiger partial charge in [-0.05, 0) is 91.1 Å². The molecule has 48 heavy (non-hydrogen) atoms. The Morgan fingerprint density at radius 1 is 0.375 bits per heavy atom. The second-order valence-electron chi connectivity index (χ2n) is 12.5. The van der Waals surface area contributed by atoms with E-state index in [4.69, 9.17) is 4.42 Å². The Hall–Kier alpha value is -6.38. The number of nitrogens with zero attached hydrogens (tertiary/aromatic N) is 1. The van der Waals surface area contributed by atoms with Gasteiger partial charge >= 0.3 is 0 Å². The molecule has 0 aliphatic carbocycles. The first-order valence-electron chi connectivity index (χ1n) is 16.4. The summed E-state index contributed by atoms with van der Waals surface area (Å²) in [7, 11) is 0. The van der Waals surface area contributed by atoms with E-state index in [0.717, 1.165) is 50.1 Å². The van der Waals surface area contributed by atoms with Crippen LogP contribution >= 0.6 is 0 Å². The van der Waals surface area contributed by atoms with E-state index in [1.54, 1.807) is 0 Å². The number of hydrogen-bond acceptors (Lipinski definition) is 2. The summed E-state index contributed by atoms with van der Waals surface area (Å²) in [6.07, 6.45) is 0. The minimum atomic E-state index is 0.882. The first-order chi connectivity index (χ1) is 23.8. The SMILES string of the molecule is c1ccc(-c2ccc(N(c3ccc4c(ccc5ccccc54)c3)c3ccc4c(ccc5ccccc54)c3)c3c2oc2ccccc23)cc1. The van der Waals surface area contributed by atoms with Crippen molar-refractivity contribution in [2.45, 2.75) is 0 Å². The molecule has 1 aromatic heterocycles. The van der Waals surface area contributed by atoms with Gasteiger partial charge in [-0.1, -0.05) is 133 Å². The van der Waals surface area contributed by atoms with Crippen LogP contribution in [0.3, 0.4) is 0 Å². The summed E-state index contributed by atoms with van der Waals surface area (Å²) in [5.41, 5.74) is 7.26. The highest BCUT2D eigenvalue weighted by Crippen LogP contribution is 2.47. The van der Waals surface area contributed by atoms with Crippen LogP contribution in [0.2, 0.25) is 0 Å². The van der Waals surface area contributed by atoms with Crippen LogP contribution in [0.5, 0.6) is 0 Å². The van der Waals surface area contributed by atoms with Crippen LogP contribution in [0, 0.1) is 0 Å². The third-order valence-corrected chi connectivity index (χ3v) is 9.80. The molecule has 0 aliphatic heterocycles. The van der Waals surface area contributed by atoms with Crippen LogP contribution in [0.15, 0.2) is 180 Å². The van der Waals surface area contributed by atoms with Crippen LogP contribution < -0.4 is 4.90 Å². The Morgan fingerprint density at radius 2 is 0.896 bits per heavy atom. The van der Waals surface area contributed by atoms with E-state index >= 15 is 0 Å². The fourth-order valence-corrected chi connectivity index (χ4v) is 7.55. The molecule has 2 heteroatoms. The predicted molar refractivity (Wildman–Crippen MR) is 204 cm³/mol. The molecule has 9 aromatic carbocycles. The Balaban J connectivity index is 1.27. The second-order valence-corrected chi connectivity index (χ2v) is 12.5. The summed E-state index contributed by atoms with van der Waals surface area (Å²) in [5.74, 6) is 0. The van der Waals surface area contributed by atoms with Gasteiger partial charge in [0.05, 0.1) is 11.1 Å². The van der Waals surface area contributed by atoms with Crippen molar-refractivity contribution in [2.24, 2.45) is 0 Å². The van der Waals surface area contributed by atoms with Crippen LogP contribution in [-0.4, -0.2) is 0 Å². The molecule has 0 spiro atoms. The third-order valence-electron chi connectivity index (χ3n) is 9.80. The maximum absolute atomic E-state index is 6.71. The number of rotatable bonds is 4. The number of fused-ring (bicyclic) bond motifs is 9. The van der Waals surface area contributed by atoms with Gasteiger partial charge < -0.3 is 9.32 Å². The van der Waals surface area contributed by atoms with E-state index in [9.17, 15) is 0 Å². The summed E-state index contributed by atoms with van der Waals surface area (Å²) in [4.78, 5) is 2.41. The molecule has 10 rings (SSSR count). The maximum atomic E-state index is 6.71. The molecule has 0 radical (unpaired) electrons. The number of hydrogen-bond donors (Lipinski definition) is 0. The number of furan rings is 1. The van der Waals surface area contributed by atoms with Crippen LogP contribution in [0.1, 0.15) is 0 Å². The van der Waals surface area contributed by atoms with E-state index in [1.165, 1.54) is 43.1 Å². The monoisotopic (exact) mass is 611 g/mol. The topological polar surface area (TPSA) is 16.4 Å². The standard InChI is InChI=1S/C46H29NO/c1-2-10-30(11-3-1)41-26-27-43(45-42-16-8-9-17-44(42)48-46(41)45)47(35-22-24-39-33(28-35)20-18-31-12-4-6-14-37(31)39)36-23-25-40-34(29-36)21-19-32-13-5-7-15-38(32)40/h1-29H. The lowest BCUT2D eigenvalue weighted by molar-refractivity contribution is 0.670. The largest absolute Gasteiger partial charge is 0.455 e. The molecule has 0 saturated carbocycles. The lowest BCUT2D eigenvalue weighted by atomic mass is 9.98. The van der Waals surface area contributed by atoms with Gasteiger partial charge in [0, 0.05) is 22.3 Å². The van der Waals surface area contributed by atoms with Crippen molar-refractivity contribution in [3.63, 3.8) is 0 Å². The Morgan fingerprint density at radius 3 is 1.54 bits per heavy atom. The molecule has 10 aromatic rings. The van der Waals surface area contributed by atoms with Crippen LogP contribution in [0.4, 0.5) is 17.1 Å². The molecule has 0 N–H and O–H groups in total. The van der Waals surface area contributed by atoms with Gasteiger partial charge in [0.25, 0.3) is 0 Å². The van der Waals surface area contributed by atoms with Crippen LogP contribution in [0.25, 0.3) is 76.2 Å². The Labute approximate surface area is 277 Å². The van der Waals surface area contributed by atoms with Gasteiger partial charge in [-0.2, -0.15) is 0 Å². The summed E-state index contributed by atoms with van der Waals surface area (Å²) >= 11 is 0. The molecule has 0 amide bonds. The van der Waals surface area contributed by atoms with E-state index in [-0.39, 0.29) is 0 Å². The Bertz CT molecular complexity index is 2730. The second kappa shape index (κ2) is 10.6. The number of para-hydroxylation sites is 1. The minimum Gasteiger partial charge on any atom is -0.455 e. The summed E-state index contributed by atoms with van der Waals surface area (Å²) in [6, 6.07) is 63.3. The van der Waals surface area contributed by atoms with Gasteiger partial charge in [-0.15, -0.1) is 0 Å². The number of anilines is 3. The molecule has 0 bridgehead atoms. The van der Waals surface area contributed by atoms with E-state index in [1.807, 2.05) is 6.07 Å². The van der Waals surface area contributed by atoms with Crippen molar-refractivity contribution in [2.75, 3.05) is 4.90 Å². The molecule has 2 nitrogen and oxygen atoms in total. The molecule has 0 unspecified atom stereocenters. The minimum absolute atomic E-state index is 0.882. The highest BCUT2D eigenvalue weighted by Gasteiger charge is 2.22. The predicted octanol–water partition coefficient (Wildman–Crippen LogP) is 13.3. The third kappa shape index (κ3) is 4.13. The van der Waals surface area contributed by atoms with Crippen molar-refractivity contribution in [1.82, 2.24) is 0 Å². The molecule has 0 aliphatic rings. The summed E-state index contributed by atoms with van der Waals surface area (Å²) in [5, 5.41) is 12.1. The van der Waals surface area contributed by atoms with Crippen molar-refractivity contribution in [3.8, 4) is 11.1 Å². The zero-order valence-corrected chi connectivity index (χ0v) is 26.1. The molecular formula is C46H29NO. The van der Waals surface area contributed by atoms with Crippen molar-refractivity contribution < 1.29 is 4.42 Å². The smallest absolute Gasteiger partial charge is 0.145 e. The average Bonchev–Trinajstić information content (AvgIpc) is 3.55. The van der Waals surface area contributed by atoms with E-state index < -0.39 is 0 Å². The zero-order valence-electron chi connectivity index (χ0n) is 26.1. The van der Waals surface area contributed by atoms with Gasteiger partial charge in [-0.25, -0.2) is 0 Å². The summed E-state index contributed by atoms with van der Waals surface area (Å²) < 4.78 is 6.71. The van der Waals surface area contributed by atoms with E-state index in [0.29, 0.717) is 0 Å². The first kappa shape index (κ1) is 26.8. The van der Waals surface area contributed by atoms with Gasteiger partial charge in [0.1, 0.15) is 11.2 Å². The van der Waals surface area contributed by atoms with Crippen molar-refractivity contribution >= 4 is 82.1 Å². The van der Waals surface area contributed by atoms with Crippen molar-refractivity contribution in [3.05, 3.63) is 176 Å². The fraction of sp³-hybridized carbons (Fsp3) is 0. The first-order valence-corrected chi connectivity index (χ1v) is 16.4. The maximum Gasteiger partial charge on any atom is 0.145 e. The van der Waals surface area contributed by atoms with Gasteiger partial charge in [0.2, 0.25) is 0 Å². The lowest BCUT2D eigenvalue weighted by Crippen LogP contribution is -2.10. The highest BCUT2D eigenvalue weighted by molar-refractivity contribution is 6.18. The molecule has 224 valence electrons.